The highest BCUT2D eigenvalue weighted by molar-refractivity contribution is 5.36. The van der Waals surface area contributed by atoms with Gasteiger partial charge in [-0.25, -0.2) is 0 Å². The maximum atomic E-state index is 2.56. The normalized spacial score (nSPS) is 22.0. The minimum atomic E-state index is 1.14. The van der Waals surface area contributed by atoms with E-state index in [9.17, 15) is 0 Å². The Morgan fingerprint density at radius 2 is 2.00 bits per heavy atom. The number of hydrogen-bond donors (Lipinski definition) is 0. The van der Waals surface area contributed by atoms with Gasteiger partial charge in [0.25, 0.3) is 0 Å². The molecule has 2 rings (SSSR count). The highest BCUT2D eigenvalue weighted by Gasteiger charge is 2.16. The molecule has 0 aromatic rings. The predicted molar refractivity (Wildman–Crippen MR) is 65.6 cm³/mol. The Labute approximate surface area is 93.2 Å². The Hall–Kier alpha value is -0.980. The van der Waals surface area contributed by atoms with Crippen LogP contribution in [0, 0.1) is 0 Å². The average molecular weight is 203 g/mol. The molecule has 0 saturated carbocycles. The van der Waals surface area contributed by atoms with Gasteiger partial charge >= 0.3 is 0 Å². The van der Waals surface area contributed by atoms with Crippen molar-refractivity contribution in [1.82, 2.24) is 4.90 Å². The van der Waals surface area contributed by atoms with Gasteiger partial charge < -0.3 is 4.90 Å². The van der Waals surface area contributed by atoms with E-state index in [1.807, 2.05) is 0 Å². The second kappa shape index (κ2) is 4.69. The first-order valence-corrected chi connectivity index (χ1v) is 6.13. The molecule has 0 unspecified atom stereocenters. The molecule has 0 radical (unpaired) electrons. The summed E-state index contributed by atoms with van der Waals surface area (Å²) in [5.41, 5.74) is 4.50. The molecule has 1 heterocycles. The Morgan fingerprint density at radius 3 is 2.67 bits per heavy atom. The van der Waals surface area contributed by atoms with Gasteiger partial charge in [0.15, 0.2) is 0 Å². The third kappa shape index (κ3) is 2.34. The number of nitrogens with zero attached hydrogens (tertiary/aromatic N) is 1. The largest absolute Gasteiger partial charge is 0.372 e. The molecule has 0 aromatic carbocycles. The number of allylic oxidation sites excluding steroid dienone is 5. The zero-order chi connectivity index (χ0) is 10.7. The first-order valence-electron chi connectivity index (χ1n) is 6.13. The molecule has 15 heavy (non-hydrogen) atoms. The van der Waals surface area contributed by atoms with Crippen molar-refractivity contribution in [2.45, 2.75) is 39.5 Å². The Balaban J connectivity index is 2.29. The quantitative estimate of drug-likeness (QED) is 0.662. The van der Waals surface area contributed by atoms with E-state index < -0.39 is 0 Å². The van der Waals surface area contributed by atoms with Crippen LogP contribution in [-0.2, 0) is 0 Å². The van der Waals surface area contributed by atoms with Gasteiger partial charge in [0, 0.05) is 18.8 Å². The lowest BCUT2D eigenvalue weighted by molar-refractivity contribution is 0.433. The van der Waals surface area contributed by atoms with E-state index in [1.165, 1.54) is 43.6 Å². The van der Waals surface area contributed by atoms with Crippen molar-refractivity contribution < 1.29 is 0 Å². The lowest BCUT2D eigenvalue weighted by Gasteiger charge is -2.22. The molecule has 0 aromatic heterocycles. The molecule has 1 nitrogen and oxygen atoms in total. The van der Waals surface area contributed by atoms with E-state index in [-0.39, 0.29) is 0 Å². The number of likely N-dealkylation sites (tertiary alicyclic amines) is 1. The summed E-state index contributed by atoms with van der Waals surface area (Å²) in [6.45, 7) is 6.98. The van der Waals surface area contributed by atoms with E-state index in [0.29, 0.717) is 0 Å². The van der Waals surface area contributed by atoms with Gasteiger partial charge in [-0.2, -0.15) is 0 Å². The predicted octanol–water partition coefficient (Wildman–Crippen LogP) is 3.65. The van der Waals surface area contributed by atoms with Crippen molar-refractivity contribution >= 4 is 0 Å². The summed E-state index contributed by atoms with van der Waals surface area (Å²) in [6, 6.07) is 0. The first-order chi connectivity index (χ1) is 7.31. The molecule has 2 aliphatic rings. The summed E-state index contributed by atoms with van der Waals surface area (Å²) < 4.78 is 0. The lowest BCUT2D eigenvalue weighted by atomic mass is 10.1. The fraction of sp³-hybridized carbons (Fsp3) is 0.571. The SMILES string of the molecule is CCC1=C(N2CCCC2)C=C(C)C=CC1. The zero-order valence-electron chi connectivity index (χ0n) is 9.92. The fourth-order valence-corrected chi connectivity index (χ4v) is 2.46. The van der Waals surface area contributed by atoms with Crippen molar-refractivity contribution in [2.75, 3.05) is 13.1 Å². The van der Waals surface area contributed by atoms with Crippen molar-refractivity contribution in [3.05, 3.63) is 35.1 Å². The summed E-state index contributed by atoms with van der Waals surface area (Å²) in [4.78, 5) is 2.56. The molecule has 82 valence electrons. The van der Waals surface area contributed by atoms with Crippen LogP contribution in [0.4, 0.5) is 0 Å². The Kier molecular flexibility index (Phi) is 3.30. The summed E-state index contributed by atoms with van der Waals surface area (Å²) >= 11 is 0. The van der Waals surface area contributed by atoms with Gasteiger partial charge in [0.05, 0.1) is 0 Å². The molecule has 1 aliphatic heterocycles. The van der Waals surface area contributed by atoms with Crippen LogP contribution < -0.4 is 0 Å². The molecular formula is C14H21N. The van der Waals surface area contributed by atoms with Gasteiger partial charge in [-0.1, -0.05) is 19.1 Å². The van der Waals surface area contributed by atoms with Crippen LogP contribution in [0.15, 0.2) is 35.1 Å². The second-order valence-corrected chi connectivity index (χ2v) is 4.53. The molecule has 0 spiro atoms. The monoisotopic (exact) mass is 203 g/mol. The van der Waals surface area contributed by atoms with Crippen LogP contribution in [0.25, 0.3) is 0 Å². The van der Waals surface area contributed by atoms with E-state index >= 15 is 0 Å². The lowest BCUT2D eigenvalue weighted by Crippen LogP contribution is -2.19. The minimum absolute atomic E-state index is 1.14. The highest BCUT2D eigenvalue weighted by Crippen LogP contribution is 2.26. The van der Waals surface area contributed by atoms with Crippen LogP contribution in [-0.4, -0.2) is 18.0 Å². The number of hydrogen-bond acceptors (Lipinski definition) is 1. The maximum absolute atomic E-state index is 2.56. The molecule has 0 amide bonds. The number of rotatable bonds is 2. The highest BCUT2D eigenvalue weighted by atomic mass is 15.1. The summed E-state index contributed by atoms with van der Waals surface area (Å²) in [5.74, 6) is 0. The average Bonchev–Trinajstić information content (AvgIpc) is 2.69. The molecule has 1 saturated heterocycles. The third-order valence-corrected chi connectivity index (χ3v) is 3.35. The van der Waals surface area contributed by atoms with Gasteiger partial charge in [-0.15, -0.1) is 0 Å². The fourth-order valence-electron chi connectivity index (χ4n) is 2.46. The van der Waals surface area contributed by atoms with Crippen molar-refractivity contribution in [1.29, 1.82) is 0 Å². The van der Waals surface area contributed by atoms with Gasteiger partial charge in [-0.3, -0.25) is 0 Å². The van der Waals surface area contributed by atoms with E-state index in [0.717, 1.165) is 6.42 Å². The maximum Gasteiger partial charge on any atom is 0.0363 e. The molecule has 0 atom stereocenters. The summed E-state index contributed by atoms with van der Waals surface area (Å²) in [5, 5.41) is 0. The zero-order valence-corrected chi connectivity index (χ0v) is 9.92. The molecule has 0 N–H and O–H groups in total. The van der Waals surface area contributed by atoms with Crippen LogP contribution in [0.5, 0.6) is 0 Å². The van der Waals surface area contributed by atoms with E-state index in [2.05, 4.69) is 37.0 Å². The molecule has 1 aliphatic carbocycles. The minimum Gasteiger partial charge on any atom is -0.372 e. The van der Waals surface area contributed by atoms with Gasteiger partial charge in [-0.05, 0) is 49.8 Å². The smallest absolute Gasteiger partial charge is 0.0363 e. The molecule has 0 bridgehead atoms. The Bertz CT molecular complexity index is 314. The second-order valence-electron chi connectivity index (χ2n) is 4.53. The van der Waals surface area contributed by atoms with E-state index in [1.54, 1.807) is 5.57 Å². The van der Waals surface area contributed by atoms with Crippen molar-refractivity contribution in [2.24, 2.45) is 0 Å². The molecule has 1 heteroatoms. The summed E-state index contributed by atoms with van der Waals surface area (Å²) in [6.07, 6.45) is 12.0. The first kappa shape index (κ1) is 10.5. The molecule has 1 fully saturated rings. The summed E-state index contributed by atoms with van der Waals surface area (Å²) in [7, 11) is 0. The van der Waals surface area contributed by atoms with Crippen LogP contribution in [0.1, 0.15) is 39.5 Å². The standard InChI is InChI=1S/C14H21N/c1-3-13-8-6-7-12(2)11-14(13)15-9-4-5-10-15/h6-7,11H,3-5,8-10H2,1-2H3. The van der Waals surface area contributed by atoms with Crippen LogP contribution >= 0.6 is 0 Å². The van der Waals surface area contributed by atoms with Gasteiger partial charge in [0.1, 0.15) is 0 Å². The Morgan fingerprint density at radius 1 is 1.27 bits per heavy atom. The van der Waals surface area contributed by atoms with Crippen LogP contribution in [0.3, 0.4) is 0 Å². The van der Waals surface area contributed by atoms with Crippen LogP contribution in [0.2, 0.25) is 0 Å². The van der Waals surface area contributed by atoms with Crippen molar-refractivity contribution in [3.63, 3.8) is 0 Å². The van der Waals surface area contributed by atoms with Crippen molar-refractivity contribution in [3.8, 4) is 0 Å². The van der Waals surface area contributed by atoms with E-state index in [4.69, 9.17) is 0 Å². The molecular weight excluding hydrogens is 182 g/mol. The third-order valence-electron chi connectivity index (χ3n) is 3.35. The van der Waals surface area contributed by atoms with Gasteiger partial charge in [0.2, 0.25) is 0 Å². The topological polar surface area (TPSA) is 3.24 Å².